The Labute approximate surface area is 87.3 Å². The first-order valence-electron chi connectivity index (χ1n) is 4.66. The van der Waals surface area contributed by atoms with Crippen LogP contribution in [0.5, 0.6) is 5.75 Å². The first kappa shape index (κ1) is 9.77. The Kier molecular flexibility index (Phi) is 2.72. The van der Waals surface area contributed by atoms with Crippen LogP contribution in [0.25, 0.3) is 0 Å². The molecule has 2 nitrogen and oxygen atoms in total. The number of aryl methyl sites for hydroxylation is 1. The lowest BCUT2D eigenvalue weighted by Gasteiger charge is -2.05. The van der Waals surface area contributed by atoms with Crippen molar-refractivity contribution in [3.8, 4) is 5.75 Å². The van der Waals surface area contributed by atoms with Gasteiger partial charge < -0.3 is 9.15 Å². The predicted octanol–water partition coefficient (Wildman–Crippen LogP) is 3.31. The van der Waals surface area contributed by atoms with Crippen molar-refractivity contribution in [3.63, 3.8) is 0 Å². The van der Waals surface area contributed by atoms with Gasteiger partial charge in [-0.2, -0.15) is 0 Å². The highest BCUT2D eigenvalue weighted by Crippen LogP contribution is 2.17. The number of benzene rings is 1. The first-order valence-corrected chi connectivity index (χ1v) is 4.66. The average molecular weight is 206 g/mol. The van der Waals surface area contributed by atoms with Gasteiger partial charge in [0.2, 0.25) is 0 Å². The van der Waals surface area contributed by atoms with Gasteiger partial charge in [0.15, 0.2) is 0 Å². The molecule has 0 saturated carbocycles. The molecule has 0 saturated heterocycles. The third-order valence-electron chi connectivity index (χ3n) is 2.13. The number of rotatable bonds is 3. The Balaban J connectivity index is 2.02. The lowest BCUT2D eigenvalue weighted by atomic mass is 10.2. The Morgan fingerprint density at radius 2 is 2.20 bits per heavy atom. The molecule has 3 heteroatoms. The summed E-state index contributed by atoms with van der Waals surface area (Å²) in [5, 5.41) is 0. The summed E-state index contributed by atoms with van der Waals surface area (Å²) in [6.07, 6.45) is 3.18. The number of hydrogen-bond donors (Lipinski definition) is 0. The van der Waals surface area contributed by atoms with E-state index in [1.54, 1.807) is 31.6 Å². The number of ether oxygens (including phenoxy) is 1. The van der Waals surface area contributed by atoms with Crippen molar-refractivity contribution in [2.24, 2.45) is 0 Å². The Hall–Kier alpha value is -1.77. The van der Waals surface area contributed by atoms with E-state index in [0.29, 0.717) is 17.9 Å². The summed E-state index contributed by atoms with van der Waals surface area (Å²) in [5.74, 6) is 0.277. The van der Waals surface area contributed by atoms with Gasteiger partial charge in [0.1, 0.15) is 18.2 Å². The molecule has 1 aromatic heterocycles. The highest BCUT2D eigenvalue weighted by atomic mass is 19.1. The highest BCUT2D eigenvalue weighted by Gasteiger charge is 2.01. The fourth-order valence-corrected chi connectivity index (χ4v) is 1.20. The van der Waals surface area contributed by atoms with E-state index in [9.17, 15) is 4.39 Å². The van der Waals surface area contributed by atoms with Crippen molar-refractivity contribution in [1.29, 1.82) is 0 Å². The van der Waals surface area contributed by atoms with E-state index in [1.165, 1.54) is 6.07 Å². The number of furan rings is 1. The van der Waals surface area contributed by atoms with Gasteiger partial charge in [0, 0.05) is 11.6 Å². The zero-order valence-electron chi connectivity index (χ0n) is 8.37. The minimum absolute atomic E-state index is 0.250. The van der Waals surface area contributed by atoms with Crippen molar-refractivity contribution in [2.45, 2.75) is 13.5 Å². The normalized spacial score (nSPS) is 10.3. The molecule has 0 radical (unpaired) electrons. The van der Waals surface area contributed by atoms with E-state index in [1.807, 2.05) is 6.07 Å². The predicted molar refractivity (Wildman–Crippen MR) is 54.2 cm³/mol. The van der Waals surface area contributed by atoms with Gasteiger partial charge in [-0.3, -0.25) is 0 Å². The maximum Gasteiger partial charge on any atom is 0.129 e. The molecule has 0 atom stereocenters. The summed E-state index contributed by atoms with van der Waals surface area (Å²) < 4.78 is 23.4. The van der Waals surface area contributed by atoms with Crippen LogP contribution in [0.3, 0.4) is 0 Å². The van der Waals surface area contributed by atoms with Crippen LogP contribution in [-0.2, 0) is 6.61 Å². The van der Waals surface area contributed by atoms with Gasteiger partial charge in [-0.15, -0.1) is 0 Å². The van der Waals surface area contributed by atoms with E-state index in [2.05, 4.69) is 0 Å². The molecular weight excluding hydrogens is 195 g/mol. The fraction of sp³-hybridized carbons (Fsp3) is 0.167. The minimum atomic E-state index is -0.250. The zero-order chi connectivity index (χ0) is 10.7. The molecule has 0 unspecified atom stereocenters. The molecule has 1 heterocycles. The second kappa shape index (κ2) is 4.17. The van der Waals surface area contributed by atoms with Crippen LogP contribution >= 0.6 is 0 Å². The second-order valence-corrected chi connectivity index (χ2v) is 3.33. The highest BCUT2D eigenvalue weighted by molar-refractivity contribution is 5.28. The van der Waals surface area contributed by atoms with E-state index in [0.717, 1.165) is 5.56 Å². The molecule has 0 bridgehead atoms. The smallest absolute Gasteiger partial charge is 0.129 e. The molecule has 15 heavy (non-hydrogen) atoms. The van der Waals surface area contributed by atoms with Gasteiger partial charge >= 0.3 is 0 Å². The van der Waals surface area contributed by atoms with Crippen LogP contribution in [-0.4, -0.2) is 0 Å². The van der Waals surface area contributed by atoms with Crippen molar-refractivity contribution in [1.82, 2.24) is 0 Å². The number of hydrogen-bond acceptors (Lipinski definition) is 2. The van der Waals surface area contributed by atoms with Gasteiger partial charge in [-0.1, -0.05) is 6.07 Å². The maximum absolute atomic E-state index is 13.1. The van der Waals surface area contributed by atoms with Crippen LogP contribution in [0.4, 0.5) is 4.39 Å². The van der Waals surface area contributed by atoms with E-state index < -0.39 is 0 Å². The third kappa shape index (κ3) is 2.37. The van der Waals surface area contributed by atoms with Crippen LogP contribution in [0.1, 0.15) is 11.1 Å². The van der Waals surface area contributed by atoms with Crippen molar-refractivity contribution in [3.05, 3.63) is 53.7 Å². The van der Waals surface area contributed by atoms with E-state index in [4.69, 9.17) is 9.15 Å². The fourth-order valence-electron chi connectivity index (χ4n) is 1.20. The second-order valence-electron chi connectivity index (χ2n) is 3.33. The summed E-state index contributed by atoms with van der Waals surface area (Å²) in [4.78, 5) is 0. The van der Waals surface area contributed by atoms with Crippen LogP contribution in [0.15, 0.2) is 41.2 Å². The SMILES string of the molecule is Cc1ccc(OCc2ccoc2)cc1F. The lowest BCUT2D eigenvalue weighted by molar-refractivity contribution is 0.303. The van der Waals surface area contributed by atoms with E-state index in [-0.39, 0.29) is 5.82 Å². The largest absolute Gasteiger partial charge is 0.489 e. The average Bonchev–Trinajstić information content (AvgIpc) is 2.73. The first-order chi connectivity index (χ1) is 7.25. The van der Waals surface area contributed by atoms with Gasteiger partial charge in [-0.25, -0.2) is 4.39 Å². The topological polar surface area (TPSA) is 22.4 Å². The van der Waals surface area contributed by atoms with Crippen molar-refractivity contribution >= 4 is 0 Å². The lowest BCUT2D eigenvalue weighted by Crippen LogP contribution is -1.94. The maximum atomic E-state index is 13.1. The molecule has 0 spiro atoms. The quantitative estimate of drug-likeness (QED) is 0.768. The van der Waals surface area contributed by atoms with Crippen LogP contribution in [0, 0.1) is 12.7 Å². The summed E-state index contributed by atoms with van der Waals surface area (Å²) in [7, 11) is 0. The molecule has 1 aromatic carbocycles. The summed E-state index contributed by atoms with van der Waals surface area (Å²) in [5.41, 5.74) is 1.54. The van der Waals surface area contributed by atoms with Crippen LogP contribution < -0.4 is 4.74 Å². The Morgan fingerprint density at radius 3 is 2.87 bits per heavy atom. The van der Waals surface area contributed by atoms with Crippen molar-refractivity contribution in [2.75, 3.05) is 0 Å². The summed E-state index contributed by atoms with van der Waals surface area (Å²) >= 11 is 0. The molecule has 0 aliphatic carbocycles. The molecule has 0 N–H and O–H groups in total. The zero-order valence-corrected chi connectivity index (χ0v) is 8.37. The van der Waals surface area contributed by atoms with Gasteiger partial charge in [0.25, 0.3) is 0 Å². The standard InChI is InChI=1S/C12H11FO2/c1-9-2-3-11(6-12(9)13)15-8-10-4-5-14-7-10/h2-7H,8H2,1H3. The third-order valence-corrected chi connectivity index (χ3v) is 2.13. The molecule has 0 aliphatic heterocycles. The Bertz CT molecular complexity index is 435. The molecule has 78 valence electrons. The van der Waals surface area contributed by atoms with Crippen molar-refractivity contribution < 1.29 is 13.5 Å². The molecule has 2 aromatic rings. The van der Waals surface area contributed by atoms with Gasteiger partial charge in [-0.05, 0) is 24.6 Å². The molecular formula is C12H11FO2. The molecule has 0 amide bonds. The van der Waals surface area contributed by atoms with Crippen LogP contribution in [0.2, 0.25) is 0 Å². The van der Waals surface area contributed by atoms with E-state index >= 15 is 0 Å². The number of halogens is 1. The molecule has 2 rings (SSSR count). The van der Waals surface area contributed by atoms with Gasteiger partial charge in [0.05, 0.1) is 12.5 Å². The minimum Gasteiger partial charge on any atom is -0.489 e. The summed E-state index contributed by atoms with van der Waals surface area (Å²) in [6, 6.07) is 6.64. The molecule has 0 aliphatic rings. The summed E-state index contributed by atoms with van der Waals surface area (Å²) in [6.45, 7) is 2.11. The monoisotopic (exact) mass is 206 g/mol. The Morgan fingerprint density at radius 1 is 1.33 bits per heavy atom. The molecule has 0 fully saturated rings.